The third-order valence-corrected chi connectivity index (χ3v) is 3.83. The molecule has 0 saturated heterocycles. The number of fused-ring (bicyclic) bond motifs is 1. The van der Waals surface area contributed by atoms with Gasteiger partial charge in [-0.05, 0) is 28.1 Å². The van der Waals surface area contributed by atoms with Crippen molar-refractivity contribution in [3.8, 4) is 0 Å². The van der Waals surface area contributed by atoms with Gasteiger partial charge in [0.2, 0.25) is 0 Å². The molecular formula is C13H8BrN3O2S. The van der Waals surface area contributed by atoms with Gasteiger partial charge in [0, 0.05) is 21.4 Å². The summed E-state index contributed by atoms with van der Waals surface area (Å²) in [5.41, 5.74) is 1.64. The fourth-order valence-corrected chi connectivity index (χ4v) is 2.83. The number of carbonyl (C=O) groups is 1. The topological polar surface area (TPSA) is 75.1 Å². The average molecular weight is 350 g/mol. The number of carboxylic acids is 1. The fourth-order valence-electron chi connectivity index (χ4n) is 1.78. The molecule has 0 aliphatic heterocycles. The smallest absolute Gasteiger partial charge is 0.355 e. The minimum Gasteiger partial charge on any atom is -0.476 e. The van der Waals surface area contributed by atoms with Gasteiger partial charge in [0.15, 0.2) is 10.8 Å². The molecule has 1 aromatic carbocycles. The monoisotopic (exact) mass is 349 g/mol. The summed E-state index contributed by atoms with van der Waals surface area (Å²) in [5.74, 6) is -1.03. The van der Waals surface area contributed by atoms with E-state index in [9.17, 15) is 4.79 Å². The Hall–Kier alpha value is -1.99. The number of aromatic carboxylic acids is 1. The Morgan fingerprint density at radius 3 is 3.00 bits per heavy atom. The molecule has 0 aliphatic carbocycles. The Morgan fingerprint density at radius 2 is 2.25 bits per heavy atom. The molecule has 2 N–H and O–H groups in total. The van der Waals surface area contributed by atoms with Crippen LogP contribution in [0.5, 0.6) is 0 Å². The van der Waals surface area contributed by atoms with Crippen molar-refractivity contribution in [3.05, 3.63) is 46.0 Å². The summed E-state index contributed by atoms with van der Waals surface area (Å²) in [7, 11) is 0. The fraction of sp³-hybridized carbons (Fsp3) is 0. The Labute approximate surface area is 126 Å². The van der Waals surface area contributed by atoms with Gasteiger partial charge in [0.1, 0.15) is 0 Å². The minimum atomic E-state index is -1.03. The van der Waals surface area contributed by atoms with Gasteiger partial charge >= 0.3 is 5.97 Å². The number of pyridine rings is 1. The predicted molar refractivity (Wildman–Crippen MR) is 81.8 cm³/mol. The maximum absolute atomic E-state index is 10.8. The Bertz CT molecular complexity index is 803. The lowest BCUT2D eigenvalue weighted by molar-refractivity contribution is 0.0691. The maximum atomic E-state index is 10.8. The molecule has 2 heterocycles. The van der Waals surface area contributed by atoms with Gasteiger partial charge in [-0.15, -0.1) is 11.3 Å². The second-order valence-electron chi connectivity index (χ2n) is 4.00. The van der Waals surface area contributed by atoms with Crippen molar-refractivity contribution in [2.24, 2.45) is 0 Å². The van der Waals surface area contributed by atoms with Crippen molar-refractivity contribution in [3.63, 3.8) is 0 Å². The highest BCUT2D eigenvalue weighted by Gasteiger charge is 2.10. The largest absolute Gasteiger partial charge is 0.476 e. The van der Waals surface area contributed by atoms with Crippen LogP contribution in [0.3, 0.4) is 0 Å². The van der Waals surface area contributed by atoms with E-state index >= 15 is 0 Å². The third kappa shape index (κ3) is 2.50. The van der Waals surface area contributed by atoms with E-state index in [0.29, 0.717) is 5.13 Å². The average Bonchev–Trinajstić information content (AvgIpc) is 2.87. The van der Waals surface area contributed by atoms with Crippen molar-refractivity contribution in [2.45, 2.75) is 0 Å². The molecule has 7 heteroatoms. The van der Waals surface area contributed by atoms with Crippen molar-refractivity contribution >= 4 is 55.0 Å². The van der Waals surface area contributed by atoms with Gasteiger partial charge in [0.25, 0.3) is 0 Å². The number of anilines is 2. The zero-order valence-corrected chi connectivity index (χ0v) is 12.4. The number of rotatable bonds is 3. The van der Waals surface area contributed by atoms with Crippen LogP contribution < -0.4 is 5.32 Å². The van der Waals surface area contributed by atoms with Crippen LogP contribution in [0.15, 0.2) is 40.3 Å². The molecule has 0 spiro atoms. The summed E-state index contributed by atoms with van der Waals surface area (Å²) in [6.45, 7) is 0. The van der Waals surface area contributed by atoms with Gasteiger partial charge in [-0.3, -0.25) is 4.98 Å². The summed E-state index contributed by atoms with van der Waals surface area (Å²) < 4.78 is 0.907. The van der Waals surface area contributed by atoms with Crippen molar-refractivity contribution in [2.75, 3.05) is 5.32 Å². The standard InChI is InChI=1S/C13H8BrN3O2S/c14-8-4-7-2-1-3-9(11(7)15-5-8)16-13-17-10(6-20-13)12(18)19/h1-6H,(H,16,17)(H,18,19). The number of nitrogens with one attached hydrogen (secondary N) is 1. The zero-order valence-electron chi connectivity index (χ0n) is 10.0. The van der Waals surface area contributed by atoms with Crippen molar-refractivity contribution < 1.29 is 9.90 Å². The highest BCUT2D eigenvalue weighted by molar-refractivity contribution is 9.10. The molecule has 2 aromatic heterocycles. The first-order chi connectivity index (χ1) is 9.63. The minimum absolute atomic E-state index is 0.0356. The number of aromatic nitrogens is 2. The van der Waals surface area contributed by atoms with E-state index in [1.54, 1.807) is 6.20 Å². The number of thiazole rings is 1. The number of hydrogen-bond donors (Lipinski definition) is 2. The molecule has 3 rings (SSSR count). The Kier molecular flexibility index (Phi) is 3.37. The highest BCUT2D eigenvalue weighted by atomic mass is 79.9. The molecule has 0 saturated carbocycles. The van der Waals surface area contributed by atoms with Crippen LogP contribution in [0.25, 0.3) is 10.9 Å². The van der Waals surface area contributed by atoms with Crippen LogP contribution in [0.1, 0.15) is 10.5 Å². The number of para-hydroxylation sites is 1. The summed E-state index contributed by atoms with van der Waals surface area (Å²) in [5, 5.41) is 15.0. The van der Waals surface area contributed by atoms with Crippen LogP contribution in [-0.4, -0.2) is 21.0 Å². The lowest BCUT2D eigenvalue weighted by Gasteiger charge is -2.06. The van der Waals surface area contributed by atoms with Gasteiger partial charge in [-0.1, -0.05) is 12.1 Å². The second kappa shape index (κ2) is 5.18. The SMILES string of the molecule is O=C(O)c1csc(Nc2cccc3cc(Br)cnc23)n1. The summed E-state index contributed by atoms with van der Waals surface area (Å²) >= 11 is 4.63. The normalized spacial score (nSPS) is 10.7. The van der Waals surface area contributed by atoms with E-state index in [2.05, 4.69) is 31.2 Å². The molecule has 20 heavy (non-hydrogen) atoms. The molecule has 100 valence electrons. The van der Waals surface area contributed by atoms with Crippen LogP contribution >= 0.6 is 27.3 Å². The molecular weight excluding hydrogens is 342 g/mol. The first-order valence-corrected chi connectivity index (χ1v) is 7.31. The first-order valence-electron chi connectivity index (χ1n) is 5.63. The Balaban J connectivity index is 1.99. The van der Waals surface area contributed by atoms with E-state index < -0.39 is 5.97 Å². The molecule has 0 unspecified atom stereocenters. The number of hydrogen-bond acceptors (Lipinski definition) is 5. The van der Waals surface area contributed by atoms with E-state index in [1.165, 1.54) is 16.7 Å². The van der Waals surface area contributed by atoms with Crippen LogP contribution in [0.2, 0.25) is 0 Å². The molecule has 3 aromatic rings. The number of halogens is 1. The predicted octanol–water partition coefficient (Wildman–Crippen LogP) is 3.90. The second-order valence-corrected chi connectivity index (χ2v) is 5.77. The van der Waals surface area contributed by atoms with Crippen molar-refractivity contribution in [1.29, 1.82) is 0 Å². The molecule has 0 bridgehead atoms. The molecule has 5 nitrogen and oxygen atoms in total. The number of nitrogens with zero attached hydrogens (tertiary/aromatic N) is 2. The molecule has 0 atom stereocenters. The van der Waals surface area contributed by atoms with Crippen LogP contribution in [0, 0.1) is 0 Å². The van der Waals surface area contributed by atoms with E-state index in [4.69, 9.17) is 5.11 Å². The molecule has 0 aliphatic rings. The molecule has 0 radical (unpaired) electrons. The summed E-state index contributed by atoms with van der Waals surface area (Å²) in [6, 6.07) is 7.72. The quantitative estimate of drug-likeness (QED) is 0.749. The van der Waals surface area contributed by atoms with Gasteiger partial charge in [0.05, 0.1) is 11.2 Å². The Morgan fingerprint density at radius 1 is 1.40 bits per heavy atom. The van der Waals surface area contributed by atoms with Crippen LogP contribution in [-0.2, 0) is 0 Å². The molecule has 0 amide bonds. The summed E-state index contributed by atoms with van der Waals surface area (Å²) in [4.78, 5) is 19.2. The van der Waals surface area contributed by atoms with Crippen molar-refractivity contribution in [1.82, 2.24) is 9.97 Å². The lowest BCUT2D eigenvalue weighted by Crippen LogP contribution is -1.97. The van der Waals surface area contributed by atoms with E-state index in [1.807, 2.05) is 24.3 Å². The number of benzene rings is 1. The van der Waals surface area contributed by atoms with Gasteiger partial charge < -0.3 is 10.4 Å². The maximum Gasteiger partial charge on any atom is 0.355 e. The van der Waals surface area contributed by atoms with Gasteiger partial charge in [-0.25, -0.2) is 9.78 Å². The van der Waals surface area contributed by atoms with E-state index in [0.717, 1.165) is 21.1 Å². The first kappa shape index (κ1) is 13.0. The third-order valence-electron chi connectivity index (χ3n) is 2.64. The molecule has 0 fully saturated rings. The zero-order chi connectivity index (χ0) is 14.1. The number of carboxylic acid groups (broad SMARTS) is 1. The lowest BCUT2D eigenvalue weighted by atomic mass is 10.2. The highest BCUT2D eigenvalue weighted by Crippen LogP contribution is 2.28. The van der Waals surface area contributed by atoms with Crippen LogP contribution in [0.4, 0.5) is 10.8 Å². The summed E-state index contributed by atoms with van der Waals surface area (Å²) in [6.07, 6.45) is 1.72. The van der Waals surface area contributed by atoms with Gasteiger partial charge in [-0.2, -0.15) is 0 Å². The van der Waals surface area contributed by atoms with E-state index in [-0.39, 0.29) is 5.69 Å².